The molecule has 208 valence electrons. The molecule has 0 N–H and O–H groups in total. The zero-order valence-electron chi connectivity index (χ0n) is 24.6. The number of carbonyl (C=O) groups is 1. The Bertz CT molecular complexity index is 1530. The van der Waals surface area contributed by atoms with Gasteiger partial charge >= 0.3 is 5.97 Å². The van der Waals surface area contributed by atoms with Gasteiger partial charge in [-0.3, -0.25) is 0 Å². The fraction of sp³-hybridized carbons (Fsp3) is 0.194. The van der Waals surface area contributed by atoms with E-state index in [2.05, 4.69) is 81.4 Å². The number of fused-ring (bicyclic) bond motifs is 1. The van der Waals surface area contributed by atoms with Crippen molar-refractivity contribution in [3.05, 3.63) is 143 Å². The van der Waals surface area contributed by atoms with Crippen LogP contribution in [0.25, 0.3) is 5.57 Å². The van der Waals surface area contributed by atoms with Gasteiger partial charge < -0.3 is 19.4 Å². The van der Waals surface area contributed by atoms with Crippen molar-refractivity contribution in [2.75, 3.05) is 57.0 Å². The monoisotopic (exact) mass is 543 g/mol. The van der Waals surface area contributed by atoms with Crippen LogP contribution >= 0.6 is 0 Å². The molecule has 0 amide bonds. The molecule has 41 heavy (non-hydrogen) atoms. The van der Waals surface area contributed by atoms with Gasteiger partial charge in [0.15, 0.2) is 5.60 Å². The summed E-state index contributed by atoms with van der Waals surface area (Å²) in [6.07, 6.45) is 6.13. The summed E-state index contributed by atoms with van der Waals surface area (Å²) in [6, 6.07) is 32.9. The lowest BCUT2D eigenvalue weighted by molar-refractivity contribution is 0.0275. The van der Waals surface area contributed by atoms with E-state index in [-0.39, 0.29) is 5.97 Å². The van der Waals surface area contributed by atoms with Gasteiger partial charge in [0, 0.05) is 70.5 Å². The normalized spacial score (nSPS) is 15.8. The van der Waals surface area contributed by atoms with E-state index in [0.717, 1.165) is 44.9 Å². The van der Waals surface area contributed by atoms with Crippen LogP contribution in [0.15, 0.2) is 115 Å². The minimum Gasteiger partial charge on any atom is -0.441 e. The lowest BCUT2D eigenvalue weighted by Gasteiger charge is -2.27. The summed E-state index contributed by atoms with van der Waals surface area (Å²) in [6.45, 7) is 0. The predicted octanol–water partition coefficient (Wildman–Crippen LogP) is 6.99. The van der Waals surface area contributed by atoms with Gasteiger partial charge in [-0.25, -0.2) is 4.79 Å². The largest absolute Gasteiger partial charge is 0.441 e. The van der Waals surface area contributed by atoms with Crippen molar-refractivity contribution in [2.45, 2.75) is 5.60 Å². The first-order chi connectivity index (χ1) is 19.7. The molecule has 5 rings (SSSR count). The number of hydrogen-bond acceptors (Lipinski definition) is 5. The van der Waals surface area contributed by atoms with E-state index in [4.69, 9.17) is 4.74 Å². The molecular formula is C36H37N3O2. The van der Waals surface area contributed by atoms with Crippen molar-refractivity contribution in [1.82, 2.24) is 0 Å². The maximum absolute atomic E-state index is 13.1. The maximum Gasteiger partial charge on any atom is 0.340 e. The van der Waals surface area contributed by atoms with Gasteiger partial charge in [0.2, 0.25) is 0 Å². The van der Waals surface area contributed by atoms with Crippen LogP contribution in [0.1, 0.15) is 32.6 Å². The van der Waals surface area contributed by atoms with Crippen LogP contribution in [0.5, 0.6) is 0 Å². The highest BCUT2D eigenvalue weighted by Gasteiger charge is 2.44. The van der Waals surface area contributed by atoms with Crippen LogP contribution in [0.3, 0.4) is 0 Å². The van der Waals surface area contributed by atoms with Gasteiger partial charge in [-0.1, -0.05) is 66.7 Å². The summed E-state index contributed by atoms with van der Waals surface area (Å²) in [5.41, 5.74) is 7.96. The third kappa shape index (κ3) is 5.48. The second-order valence-corrected chi connectivity index (χ2v) is 10.9. The van der Waals surface area contributed by atoms with Crippen LogP contribution in [-0.4, -0.2) is 48.3 Å². The number of hydrogen-bond donors (Lipinski definition) is 0. The molecule has 1 heterocycles. The Morgan fingerprint density at radius 3 is 1.59 bits per heavy atom. The van der Waals surface area contributed by atoms with E-state index >= 15 is 0 Å². The number of anilines is 3. The van der Waals surface area contributed by atoms with Gasteiger partial charge in [-0.05, 0) is 65.2 Å². The highest BCUT2D eigenvalue weighted by molar-refractivity contribution is 5.96. The molecule has 0 saturated carbocycles. The van der Waals surface area contributed by atoms with E-state index in [1.54, 1.807) is 0 Å². The van der Waals surface area contributed by atoms with Crippen molar-refractivity contribution >= 4 is 28.6 Å². The fourth-order valence-corrected chi connectivity index (χ4v) is 5.20. The first-order valence-electron chi connectivity index (χ1n) is 13.8. The second kappa shape index (κ2) is 11.4. The smallest absolute Gasteiger partial charge is 0.340 e. The van der Waals surface area contributed by atoms with E-state index in [0.29, 0.717) is 5.56 Å². The lowest BCUT2D eigenvalue weighted by Crippen LogP contribution is -2.25. The molecule has 4 aromatic rings. The number of benzene rings is 4. The lowest BCUT2D eigenvalue weighted by atomic mass is 9.84. The van der Waals surface area contributed by atoms with Gasteiger partial charge in [-0.15, -0.1) is 0 Å². The average molecular weight is 544 g/mol. The van der Waals surface area contributed by atoms with Crippen molar-refractivity contribution < 1.29 is 9.53 Å². The minimum absolute atomic E-state index is 0.315. The molecule has 0 fully saturated rings. The maximum atomic E-state index is 13.1. The van der Waals surface area contributed by atoms with E-state index in [9.17, 15) is 4.79 Å². The number of allylic oxidation sites excluding steroid dienone is 2. The summed E-state index contributed by atoms with van der Waals surface area (Å²) in [5, 5.41) is 0. The van der Waals surface area contributed by atoms with Crippen LogP contribution in [-0.2, 0) is 10.3 Å². The van der Waals surface area contributed by atoms with Gasteiger partial charge in [0.05, 0.1) is 5.56 Å². The molecule has 0 bridgehead atoms. The number of esters is 1. The van der Waals surface area contributed by atoms with Crippen molar-refractivity contribution in [2.24, 2.45) is 0 Å². The SMILES string of the molecule is CN(C)c1ccc(C(=CC=CC2(c3ccc(N(C)C)cc3)OC(=O)c3ccccc32)c2ccc(N(C)C)cc2)cc1. The number of rotatable bonds is 8. The van der Waals surface area contributed by atoms with E-state index in [1.807, 2.05) is 90.8 Å². The first kappa shape index (κ1) is 27.8. The molecule has 1 atom stereocenters. The highest BCUT2D eigenvalue weighted by atomic mass is 16.6. The number of carbonyl (C=O) groups excluding carboxylic acids is 1. The summed E-state index contributed by atoms with van der Waals surface area (Å²) in [5.74, 6) is -0.315. The van der Waals surface area contributed by atoms with Crippen molar-refractivity contribution in [3.8, 4) is 0 Å². The second-order valence-electron chi connectivity index (χ2n) is 10.9. The molecule has 0 saturated heterocycles. The molecule has 0 spiro atoms. The Morgan fingerprint density at radius 2 is 1.10 bits per heavy atom. The zero-order chi connectivity index (χ0) is 29.1. The van der Waals surface area contributed by atoms with Gasteiger partial charge in [-0.2, -0.15) is 0 Å². The quantitative estimate of drug-likeness (QED) is 0.177. The average Bonchev–Trinajstić information content (AvgIpc) is 3.28. The summed E-state index contributed by atoms with van der Waals surface area (Å²) < 4.78 is 6.20. The van der Waals surface area contributed by atoms with Crippen molar-refractivity contribution in [3.63, 3.8) is 0 Å². The number of ether oxygens (including phenoxy) is 1. The number of nitrogens with zero attached hydrogens (tertiary/aromatic N) is 3. The molecule has 0 aromatic heterocycles. The summed E-state index contributed by atoms with van der Waals surface area (Å²) in [7, 11) is 12.2. The standard InChI is InChI=1S/C36H37N3O2/c1-37(2)29-19-13-26(14-20-29)32(27-15-21-30(22-16-27)38(3)4)11-9-25-36(28-17-23-31(24-18-28)39(5)6)34-12-8-7-10-33(34)35(40)41-36/h7-25H,1-6H3. The predicted molar refractivity (Wildman–Crippen MR) is 171 cm³/mol. The summed E-state index contributed by atoms with van der Waals surface area (Å²) in [4.78, 5) is 19.3. The zero-order valence-corrected chi connectivity index (χ0v) is 24.6. The molecule has 0 radical (unpaired) electrons. The van der Waals surface area contributed by atoms with Crippen LogP contribution in [0.4, 0.5) is 17.1 Å². The molecule has 1 aliphatic rings. The van der Waals surface area contributed by atoms with Gasteiger partial charge in [0.1, 0.15) is 0 Å². The fourth-order valence-electron chi connectivity index (χ4n) is 5.20. The third-order valence-electron chi connectivity index (χ3n) is 7.60. The highest BCUT2D eigenvalue weighted by Crippen LogP contribution is 2.43. The topological polar surface area (TPSA) is 36.0 Å². The van der Waals surface area contributed by atoms with Crippen LogP contribution in [0, 0.1) is 0 Å². The molecule has 5 nitrogen and oxygen atoms in total. The third-order valence-corrected chi connectivity index (χ3v) is 7.60. The minimum atomic E-state index is -1.02. The molecule has 5 heteroatoms. The van der Waals surface area contributed by atoms with Crippen LogP contribution in [0.2, 0.25) is 0 Å². The van der Waals surface area contributed by atoms with Gasteiger partial charge in [0.25, 0.3) is 0 Å². The van der Waals surface area contributed by atoms with E-state index in [1.165, 1.54) is 0 Å². The molecule has 0 aliphatic carbocycles. The van der Waals surface area contributed by atoms with Crippen LogP contribution < -0.4 is 14.7 Å². The Hall–Kier alpha value is -4.77. The molecule has 4 aromatic carbocycles. The van der Waals surface area contributed by atoms with Crippen molar-refractivity contribution in [1.29, 1.82) is 0 Å². The number of cyclic esters (lactones) is 1. The summed E-state index contributed by atoms with van der Waals surface area (Å²) >= 11 is 0. The molecular weight excluding hydrogens is 506 g/mol. The Kier molecular flexibility index (Phi) is 7.71. The molecule has 1 unspecified atom stereocenters. The first-order valence-corrected chi connectivity index (χ1v) is 13.8. The van der Waals surface area contributed by atoms with E-state index < -0.39 is 5.60 Å². The Morgan fingerprint density at radius 1 is 0.634 bits per heavy atom. The Labute approximate surface area is 243 Å². The molecule has 1 aliphatic heterocycles. The Balaban J connectivity index is 1.62.